The van der Waals surface area contributed by atoms with Crippen LogP contribution in [0.1, 0.15) is 43.8 Å². The van der Waals surface area contributed by atoms with Crippen LogP contribution in [0, 0.1) is 13.8 Å². The van der Waals surface area contributed by atoms with Gasteiger partial charge in [0.15, 0.2) is 0 Å². The minimum absolute atomic E-state index is 0.176. The first-order valence-corrected chi connectivity index (χ1v) is 8.90. The maximum absolute atomic E-state index is 12.6. The molecule has 3 aromatic rings. The lowest BCUT2D eigenvalue weighted by atomic mass is 10.2. The third kappa shape index (κ3) is 3.28. The van der Waals surface area contributed by atoms with Gasteiger partial charge in [-0.25, -0.2) is 4.98 Å². The number of nitrogens with two attached hydrogens (primary N) is 1. The van der Waals surface area contributed by atoms with E-state index in [1.807, 2.05) is 30.5 Å². The average molecular weight is 356 g/mol. The number of nitrogens with one attached hydrogen (secondary N) is 1. The summed E-state index contributed by atoms with van der Waals surface area (Å²) in [7, 11) is 0. The fourth-order valence-electron chi connectivity index (χ4n) is 2.85. The monoisotopic (exact) mass is 356 g/mol. The van der Waals surface area contributed by atoms with E-state index in [0.29, 0.717) is 29.1 Å². The van der Waals surface area contributed by atoms with E-state index in [2.05, 4.69) is 17.2 Å². The summed E-state index contributed by atoms with van der Waals surface area (Å²) in [4.78, 5) is 30.6. The van der Waals surface area contributed by atoms with Crippen LogP contribution in [0.15, 0.2) is 24.3 Å². The van der Waals surface area contributed by atoms with Gasteiger partial charge in [0.25, 0.3) is 5.91 Å². The molecule has 0 fully saturated rings. The van der Waals surface area contributed by atoms with E-state index < -0.39 is 5.91 Å². The molecule has 0 bridgehead atoms. The molecule has 0 saturated carbocycles. The van der Waals surface area contributed by atoms with Crippen molar-refractivity contribution in [2.45, 2.75) is 33.7 Å². The van der Waals surface area contributed by atoms with Crippen LogP contribution in [0.3, 0.4) is 0 Å². The molecule has 3 rings (SSSR count). The van der Waals surface area contributed by atoms with E-state index in [4.69, 9.17) is 5.73 Å². The van der Waals surface area contributed by atoms with E-state index in [-0.39, 0.29) is 5.91 Å². The fraction of sp³-hybridized carbons (Fsp3) is 0.278. The van der Waals surface area contributed by atoms with Crippen molar-refractivity contribution < 1.29 is 9.59 Å². The van der Waals surface area contributed by atoms with Crippen LogP contribution in [0.25, 0.3) is 11.0 Å². The Morgan fingerprint density at radius 1 is 1.28 bits per heavy atom. The molecule has 0 unspecified atom stereocenters. The third-order valence-corrected chi connectivity index (χ3v) is 4.96. The number of aryl methyl sites for hydroxylation is 3. The summed E-state index contributed by atoms with van der Waals surface area (Å²) in [6.45, 7) is 6.68. The number of amides is 2. The van der Waals surface area contributed by atoms with E-state index in [9.17, 15) is 9.59 Å². The quantitative estimate of drug-likeness (QED) is 0.733. The largest absolute Gasteiger partial charge is 0.366 e. The number of benzene rings is 1. The molecule has 6 nitrogen and oxygen atoms in total. The number of aromatic nitrogens is 2. The van der Waals surface area contributed by atoms with E-state index in [0.717, 1.165) is 21.7 Å². The number of carbonyl (C=O) groups is 2. The third-order valence-electron chi connectivity index (χ3n) is 3.99. The van der Waals surface area contributed by atoms with Crippen LogP contribution in [-0.2, 0) is 6.54 Å². The van der Waals surface area contributed by atoms with Crippen molar-refractivity contribution in [3.8, 4) is 0 Å². The molecule has 0 aliphatic heterocycles. The first-order chi connectivity index (χ1) is 11.9. The molecule has 1 aromatic carbocycles. The average Bonchev–Trinajstić information content (AvgIpc) is 3.07. The van der Waals surface area contributed by atoms with Crippen molar-refractivity contribution in [1.82, 2.24) is 9.55 Å². The van der Waals surface area contributed by atoms with Crippen molar-refractivity contribution in [2.24, 2.45) is 5.73 Å². The highest BCUT2D eigenvalue weighted by atomic mass is 32.1. The number of carbonyl (C=O) groups excluding carboxylic acids is 2. The van der Waals surface area contributed by atoms with Gasteiger partial charge in [0, 0.05) is 21.9 Å². The van der Waals surface area contributed by atoms with Gasteiger partial charge in [-0.2, -0.15) is 0 Å². The molecule has 0 spiro atoms. The van der Waals surface area contributed by atoms with Gasteiger partial charge >= 0.3 is 0 Å². The number of primary amides is 1. The SMILES string of the molecule is CCCn1c(NC(=O)c2cc(C)sc2C)nc2cc(C(N)=O)ccc21. The summed E-state index contributed by atoms with van der Waals surface area (Å²) in [5, 5.41) is 2.91. The Bertz CT molecular complexity index is 971. The minimum atomic E-state index is -0.498. The summed E-state index contributed by atoms with van der Waals surface area (Å²) in [6, 6.07) is 7.02. The molecular formula is C18H20N4O2S. The summed E-state index contributed by atoms with van der Waals surface area (Å²) in [6.07, 6.45) is 0.891. The van der Waals surface area contributed by atoms with E-state index in [1.54, 1.807) is 23.5 Å². The molecule has 3 N–H and O–H groups in total. The highest BCUT2D eigenvalue weighted by Gasteiger charge is 2.17. The second kappa shape index (κ2) is 6.68. The minimum Gasteiger partial charge on any atom is -0.366 e. The Kier molecular flexibility index (Phi) is 4.59. The molecule has 25 heavy (non-hydrogen) atoms. The predicted molar refractivity (Wildman–Crippen MR) is 100 cm³/mol. The van der Waals surface area contributed by atoms with Gasteiger partial charge in [0.2, 0.25) is 11.9 Å². The molecule has 0 aliphatic rings. The molecule has 7 heteroatoms. The molecule has 0 atom stereocenters. The summed E-state index contributed by atoms with van der Waals surface area (Å²) >= 11 is 1.59. The van der Waals surface area contributed by atoms with Crippen molar-refractivity contribution in [3.05, 3.63) is 45.1 Å². The number of imidazole rings is 1. The van der Waals surface area contributed by atoms with Crippen LogP contribution in [0.2, 0.25) is 0 Å². The van der Waals surface area contributed by atoms with Gasteiger partial charge in [0.05, 0.1) is 16.6 Å². The maximum Gasteiger partial charge on any atom is 0.259 e. The summed E-state index contributed by atoms with van der Waals surface area (Å²) in [5.74, 6) is -0.196. The van der Waals surface area contributed by atoms with E-state index in [1.165, 1.54) is 0 Å². The number of fused-ring (bicyclic) bond motifs is 1. The second-order valence-electron chi connectivity index (χ2n) is 5.94. The molecule has 2 heterocycles. The van der Waals surface area contributed by atoms with Crippen LogP contribution in [0.4, 0.5) is 5.95 Å². The van der Waals surface area contributed by atoms with Gasteiger partial charge in [-0.05, 0) is 44.5 Å². The normalized spacial score (nSPS) is 11.0. The van der Waals surface area contributed by atoms with Crippen LogP contribution in [-0.4, -0.2) is 21.4 Å². The second-order valence-corrected chi connectivity index (χ2v) is 7.40. The lowest BCUT2D eigenvalue weighted by molar-refractivity contribution is 0.0997. The number of thiophene rings is 1. The summed E-state index contributed by atoms with van der Waals surface area (Å²) in [5.41, 5.74) is 7.90. The standard InChI is InChI=1S/C18H20N4O2S/c1-4-7-22-15-6-5-12(16(19)23)9-14(15)20-18(22)21-17(24)13-8-10(2)25-11(13)3/h5-6,8-9H,4,7H2,1-3H3,(H2,19,23)(H,20,21,24). The highest BCUT2D eigenvalue weighted by Crippen LogP contribution is 2.24. The molecule has 130 valence electrons. The first-order valence-electron chi connectivity index (χ1n) is 8.09. The van der Waals surface area contributed by atoms with Crippen molar-refractivity contribution in [2.75, 3.05) is 5.32 Å². The summed E-state index contributed by atoms with van der Waals surface area (Å²) < 4.78 is 1.95. The van der Waals surface area contributed by atoms with Crippen molar-refractivity contribution >= 4 is 40.1 Å². The zero-order valence-corrected chi connectivity index (χ0v) is 15.2. The highest BCUT2D eigenvalue weighted by molar-refractivity contribution is 7.12. The first kappa shape index (κ1) is 17.2. The molecule has 0 saturated heterocycles. The Morgan fingerprint density at radius 3 is 2.64 bits per heavy atom. The number of anilines is 1. The molecule has 0 aliphatic carbocycles. The zero-order valence-electron chi connectivity index (χ0n) is 14.4. The number of hydrogen-bond donors (Lipinski definition) is 2. The van der Waals surface area contributed by atoms with Crippen LogP contribution >= 0.6 is 11.3 Å². The van der Waals surface area contributed by atoms with Gasteiger partial charge < -0.3 is 10.3 Å². The molecule has 2 aromatic heterocycles. The Balaban J connectivity index is 2.02. The lowest BCUT2D eigenvalue weighted by Crippen LogP contribution is -2.16. The van der Waals surface area contributed by atoms with E-state index >= 15 is 0 Å². The zero-order chi connectivity index (χ0) is 18.1. The van der Waals surface area contributed by atoms with Gasteiger partial charge in [-0.1, -0.05) is 6.92 Å². The molecule has 0 radical (unpaired) electrons. The number of rotatable bonds is 5. The Labute approximate surface area is 149 Å². The smallest absolute Gasteiger partial charge is 0.259 e. The topological polar surface area (TPSA) is 90.0 Å². The van der Waals surface area contributed by atoms with Crippen molar-refractivity contribution in [3.63, 3.8) is 0 Å². The molecule has 2 amide bonds. The van der Waals surface area contributed by atoms with Crippen LogP contribution in [0.5, 0.6) is 0 Å². The maximum atomic E-state index is 12.6. The van der Waals surface area contributed by atoms with Crippen LogP contribution < -0.4 is 11.1 Å². The fourth-order valence-corrected chi connectivity index (χ4v) is 3.77. The van der Waals surface area contributed by atoms with Crippen molar-refractivity contribution in [1.29, 1.82) is 0 Å². The van der Waals surface area contributed by atoms with Gasteiger partial charge in [-0.3, -0.25) is 14.9 Å². The predicted octanol–water partition coefficient (Wildman–Crippen LogP) is 3.48. The Hall–Kier alpha value is -2.67. The van der Waals surface area contributed by atoms with Gasteiger partial charge in [0.1, 0.15) is 0 Å². The number of hydrogen-bond acceptors (Lipinski definition) is 4. The lowest BCUT2D eigenvalue weighted by Gasteiger charge is -2.09. The number of nitrogens with zero attached hydrogens (tertiary/aromatic N) is 2. The van der Waals surface area contributed by atoms with Gasteiger partial charge in [-0.15, -0.1) is 11.3 Å². The Morgan fingerprint density at radius 2 is 2.04 bits per heavy atom. The molecular weight excluding hydrogens is 336 g/mol.